The molecule has 3 aromatic rings. The third-order valence-corrected chi connectivity index (χ3v) is 8.43. The summed E-state index contributed by atoms with van der Waals surface area (Å²) in [7, 11) is 2.87. The predicted octanol–water partition coefficient (Wildman–Crippen LogP) is 6.90. The molecule has 4 rings (SSSR count). The van der Waals surface area contributed by atoms with E-state index in [1.165, 1.54) is 36.3 Å². The minimum Gasteiger partial charge on any atom is -0.467 e. The molecule has 3 aromatic carbocycles. The summed E-state index contributed by atoms with van der Waals surface area (Å²) in [5.74, 6) is -4.24. The minimum atomic E-state index is -1.40. The Morgan fingerprint density at radius 1 is 0.808 bits per heavy atom. The summed E-state index contributed by atoms with van der Waals surface area (Å²) < 4.78 is 49.6. The molecule has 1 unspecified atom stereocenters. The first-order valence-corrected chi connectivity index (χ1v) is 16.9. The third kappa shape index (κ3) is 9.82. The Balaban J connectivity index is 1.39. The van der Waals surface area contributed by atoms with Crippen molar-refractivity contribution in [2.45, 2.75) is 64.8 Å². The number of carbonyl (C=O) groups is 4. The van der Waals surface area contributed by atoms with E-state index in [9.17, 15) is 28.0 Å². The lowest BCUT2D eigenvalue weighted by atomic mass is 9.91. The highest BCUT2D eigenvalue weighted by atomic mass is 19.2. The molecule has 0 aromatic heterocycles. The maximum absolute atomic E-state index is 14.6. The molecular formula is C38H44F2N2O10. The zero-order chi connectivity index (χ0) is 37.9. The van der Waals surface area contributed by atoms with Crippen LogP contribution >= 0.6 is 0 Å². The smallest absolute Gasteiger partial charge is 0.453 e. The molecule has 0 aliphatic carbocycles. The van der Waals surface area contributed by atoms with Crippen molar-refractivity contribution in [3.8, 4) is 11.5 Å². The van der Waals surface area contributed by atoms with Gasteiger partial charge in [-0.2, -0.15) is 0 Å². The van der Waals surface area contributed by atoms with Gasteiger partial charge in [0.1, 0.15) is 17.1 Å². The summed E-state index contributed by atoms with van der Waals surface area (Å²) in [6, 6.07) is 10.00. The second-order valence-electron chi connectivity index (χ2n) is 12.9. The van der Waals surface area contributed by atoms with E-state index in [-0.39, 0.29) is 54.8 Å². The fourth-order valence-electron chi connectivity index (χ4n) is 5.71. The monoisotopic (exact) mass is 726 g/mol. The number of ether oxygens (including phenoxy) is 4. The molecule has 52 heavy (non-hydrogen) atoms. The van der Waals surface area contributed by atoms with Crippen LogP contribution in [0.5, 0.6) is 11.5 Å². The Morgan fingerprint density at radius 2 is 1.42 bits per heavy atom. The highest BCUT2D eigenvalue weighted by Gasteiger charge is 2.28. The number of amides is 2. The van der Waals surface area contributed by atoms with Crippen molar-refractivity contribution in [3.63, 3.8) is 0 Å². The van der Waals surface area contributed by atoms with Crippen LogP contribution in [0.4, 0.5) is 13.6 Å². The van der Waals surface area contributed by atoms with E-state index in [0.717, 1.165) is 29.7 Å². The molecule has 0 saturated carbocycles. The van der Waals surface area contributed by atoms with Crippen molar-refractivity contribution in [2.75, 3.05) is 40.9 Å². The first-order chi connectivity index (χ1) is 24.9. The highest BCUT2D eigenvalue weighted by Crippen LogP contribution is 2.36. The van der Waals surface area contributed by atoms with Gasteiger partial charge in [0.2, 0.25) is 0 Å². The largest absolute Gasteiger partial charge is 0.467 e. The van der Waals surface area contributed by atoms with Crippen molar-refractivity contribution in [2.24, 2.45) is 0 Å². The van der Waals surface area contributed by atoms with Crippen molar-refractivity contribution in [1.29, 1.82) is 0 Å². The molecule has 0 radical (unpaired) electrons. The fraction of sp³-hybridized carbons (Fsp3) is 0.421. The highest BCUT2D eigenvalue weighted by molar-refractivity contribution is 6.11. The van der Waals surface area contributed by atoms with Gasteiger partial charge in [-0.3, -0.25) is 9.59 Å². The molecule has 1 heterocycles. The first kappa shape index (κ1) is 39.7. The summed E-state index contributed by atoms with van der Waals surface area (Å²) in [6.07, 6.45) is 1.06. The maximum Gasteiger partial charge on any atom is 0.453 e. The van der Waals surface area contributed by atoms with E-state index in [0.29, 0.717) is 30.7 Å². The van der Waals surface area contributed by atoms with Crippen LogP contribution in [0.2, 0.25) is 0 Å². The molecule has 12 nitrogen and oxygen atoms in total. The van der Waals surface area contributed by atoms with E-state index in [4.69, 9.17) is 28.7 Å². The zero-order valence-electron chi connectivity index (χ0n) is 30.1. The number of nitrogens with zero attached hydrogens (tertiary/aromatic N) is 1. The molecule has 0 spiro atoms. The number of hydrogen-bond acceptors (Lipinski definition) is 10. The standard InChI is InChI=1S/C38H44F2N2O10/c1-22(2)28-17-26(18-29(23(3)4)35(28)50-21-48-6)36(44)41-27-9-7-8-16-42(19-27)38(46)52-51-37(45)25-12-10-24(11-13-25)34(43)32-31(49-20-47-5)15-14-30(39)33(32)40/h10-15,17-18,22-23,27H,7-9,16,19-21H2,1-6H3,(H,41,44). The van der Waals surface area contributed by atoms with Gasteiger partial charge in [-0.05, 0) is 78.6 Å². The molecule has 0 bridgehead atoms. The summed E-state index contributed by atoms with van der Waals surface area (Å²) in [5, 5.41) is 3.04. The second kappa shape index (κ2) is 18.4. The van der Waals surface area contributed by atoms with Crippen molar-refractivity contribution < 1.29 is 56.7 Å². The number of nitrogens with one attached hydrogen (secondary N) is 1. The molecule has 2 amide bonds. The molecule has 1 N–H and O–H groups in total. The van der Waals surface area contributed by atoms with Crippen LogP contribution in [0.25, 0.3) is 0 Å². The average Bonchev–Trinajstić information content (AvgIpc) is 3.38. The van der Waals surface area contributed by atoms with E-state index in [1.54, 1.807) is 7.11 Å². The topological polar surface area (TPSA) is 139 Å². The van der Waals surface area contributed by atoms with Crippen molar-refractivity contribution >= 4 is 23.8 Å². The molecule has 280 valence electrons. The van der Waals surface area contributed by atoms with E-state index >= 15 is 0 Å². The average molecular weight is 727 g/mol. The van der Waals surface area contributed by atoms with Crippen molar-refractivity contribution in [1.82, 2.24) is 10.2 Å². The van der Waals surface area contributed by atoms with Crippen LogP contribution < -0.4 is 14.8 Å². The van der Waals surface area contributed by atoms with E-state index in [1.807, 2.05) is 39.8 Å². The molecule has 1 aliphatic rings. The molecule has 1 aliphatic heterocycles. The van der Waals surface area contributed by atoms with Gasteiger partial charge in [-0.15, -0.1) is 0 Å². The summed E-state index contributed by atoms with van der Waals surface area (Å²) in [6.45, 7) is 8.28. The van der Waals surface area contributed by atoms with Crippen LogP contribution in [0.3, 0.4) is 0 Å². The number of benzene rings is 3. The molecule has 1 atom stereocenters. The number of halogens is 2. The van der Waals surface area contributed by atoms with Crippen LogP contribution in [-0.2, 0) is 19.2 Å². The van der Waals surface area contributed by atoms with Gasteiger partial charge < -0.3 is 29.2 Å². The second-order valence-corrected chi connectivity index (χ2v) is 12.9. The number of likely N-dealkylation sites (tertiary alicyclic amines) is 1. The molecule has 1 fully saturated rings. The van der Waals surface area contributed by atoms with Crippen LogP contribution in [0, 0.1) is 11.6 Å². The maximum atomic E-state index is 14.6. The quantitative estimate of drug-likeness (QED) is 0.0857. The summed E-state index contributed by atoms with van der Waals surface area (Å²) >= 11 is 0. The Kier molecular flexibility index (Phi) is 14.1. The van der Waals surface area contributed by atoms with Gasteiger partial charge in [-0.1, -0.05) is 39.8 Å². The lowest BCUT2D eigenvalue weighted by molar-refractivity contribution is -0.192. The van der Waals surface area contributed by atoms with Gasteiger partial charge in [0.25, 0.3) is 5.91 Å². The number of methoxy groups -OCH3 is 2. The fourth-order valence-corrected chi connectivity index (χ4v) is 5.71. The van der Waals surface area contributed by atoms with Gasteiger partial charge in [0, 0.05) is 44.5 Å². The molecule has 14 heteroatoms. The number of carbonyl (C=O) groups excluding carboxylic acids is 4. The van der Waals surface area contributed by atoms with Crippen LogP contribution in [0.1, 0.15) is 107 Å². The Labute approximate surface area is 301 Å². The van der Waals surface area contributed by atoms with Gasteiger partial charge >= 0.3 is 12.1 Å². The van der Waals surface area contributed by atoms with Crippen LogP contribution in [-0.4, -0.2) is 75.6 Å². The zero-order valence-corrected chi connectivity index (χ0v) is 30.1. The predicted molar refractivity (Wildman–Crippen MR) is 184 cm³/mol. The van der Waals surface area contributed by atoms with Gasteiger partial charge in [0.05, 0.1) is 5.56 Å². The normalized spacial score (nSPS) is 14.5. The van der Waals surface area contributed by atoms with Crippen molar-refractivity contribution in [3.05, 3.63) is 93.5 Å². The Hall–Kier alpha value is -5.08. The van der Waals surface area contributed by atoms with E-state index < -0.39 is 41.1 Å². The molecular weight excluding hydrogens is 682 g/mol. The third-order valence-electron chi connectivity index (χ3n) is 8.43. The Morgan fingerprint density at radius 3 is 2.04 bits per heavy atom. The lowest BCUT2D eigenvalue weighted by Gasteiger charge is -2.25. The van der Waals surface area contributed by atoms with E-state index in [2.05, 4.69) is 5.32 Å². The number of ketones is 1. The lowest BCUT2D eigenvalue weighted by Crippen LogP contribution is -2.45. The number of rotatable bonds is 13. The molecule has 1 saturated heterocycles. The van der Waals surface area contributed by atoms with Gasteiger partial charge in [0.15, 0.2) is 31.0 Å². The SMILES string of the molecule is COCOc1ccc(F)c(F)c1C(=O)c1ccc(C(=O)OOC(=O)N2CCCCC(NC(=O)c3cc(C(C)C)c(OCOC)c(C(C)C)c3)C2)cc1. The minimum absolute atomic E-state index is 0.0720. The first-order valence-electron chi connectivity index (χ1n) is 16.9. The number of hydrogen-bond donors (Lipinski definition) is 1. The Bertz CT molecular complexity index is 1720. The van der Waals surface area contributed by atoms with Gasteiger partial charge in [-0.25, -0.2) is 28.1 Å². The summed E-state index contributed by atoms with van der Waals surface area (Å²) in [5.41, 5.74) is 1.43. The van der Waals surface area contributed by atoms with Crippen LogP contribution in [0.15, 0.2) is 48.5 Å². The summed E-state index contributed by atoms with van der Waals surface area (Å²) in [4.78, 5) is 63.3.